The number of aliphatic hydroxyl groups is 1. The van der Waals surface area contributed by atoms with Gasteiger partial charge in [0.05, 0.1) is 25.4 Å². The van der Waals surface area contributed by atoms with E-state index in [1.165, 1.54) is 28.6 Å². The Labute approximate surface area is 137 Å². The highest BCUT2D eigenvalue weighted by Gasteiger charge is 2.61. The van der Waals surface area contributed by atoms with Crippen LogP contribution < -0.4 is 0 Å². The van der Waals surface area contributed by atoms with Gasteiger partial charge in [0.15, 0.2) is 0 Å². The quantitative estimate of drug-likeness (QED) is 0.616. The number of hydrogen-bond acceptors (Lipinski definition) is 1. The molecule has 4 aliphatic rings. The van der Waals surface area contributed by atoms with Gasteiger partial charge in [-0.05, 0) is 24.1 Å². The second-order valence-corrected chi connectivity index (χ2v) is 7.91. The van der Waals surface area contributed by atoms with E-state index in [1.54, 1.807) is 5.57 Å². The summed E-state index contributed by atoms with van der Waals surface area (Å²) in [4.78, 5) is 3.75. The first-order chi connectivity index (χ1) is 11.2. The average molecular weight is 309 g/mol. The Hall–Kier alpha value is -1.58. The number of aromatic amines is 1. The maximum Gasteiger partial charge on any atom is 0.131 e. The zero-order valence-corrected chi connectivity index (χ0v) is 13.9. The van der Waals surface area contributed by atoms with Crippen molar-refractivity contribution in [2.45, 2.75) is 31.8 Å². The number of piperidine rings is 3. The molecule has 1 aromatic heterocycles. The number of nitrogens with zero attached hydrogens (tertiary/aromatic N) is 1. The Kier molecular flexibility index (Phi) is 2.70. The molecule has 0 saturated carbocycles. The van der Waals surface area contributed by atoms with Crippen LogP contribution in [0, 0.1) is 11.8 Å². The van der Waals surface area contributed by atoms with Gasteiger partial charge in [-0.15, -0.1) is 0 Å². The molecule has 23 heavy (non-hydrogen) atoms. The molecule has 0 radical (unpaired) electrons. The van der Waals surface area contributed by atoms with Crippen LogP contribution in [0.5, 0.6) is 0 Å². The van der Waals surface area contributed by atoms with Crippen molar-refractivity contribution in [3.05, 3.63) is 47.2 Å². The van der Waals surface area contributed by atoms with E-state index in [0.717, 1.165) is 17.4 Å². The Balaban J connectivity index is 1.73. The number of likely N-dealkylation sites (N-methyl/N-ethyl adjacent to an activating group) is 1. The molecule has 1 aromatic carbocycles. The van der Waals surface area contributed by atoms with E-state index in [0.29, 0.717) is 30.5 Å². The van der Waals surface area contributed by atoms with Gasteiger partial charge in [-0.2, -0.15) is 0 Å². The molecule has 0 amide bonds. The van der Waals surface area contributed by atoms with Crippen LogP contribution in [0.1, 0.15) is 30.6 Å². The van der Waals surface area contributed by atoms with Crippen molar-refractivity contribution >= 4 is 10.9 Å². The van der Waals surface area contributed by atoms with Crippen LogP contribution in [-0.4, -0.2) is 40.8 Å². The highest BCUT2D eigenvalue weighted by Crippen LogP contribution is 2.57. The van der Waals surface area contributed by atoms with Gasteiger partial charge in [0, 0.05) is 35.6 Å². The van der Waals surface area contributed by atoms with Gasteiger partial charge < -0.3 is 14.6 Å². The average Bonchev–Trinajstić information content (AvgIpc) is 2.92. The number of nitrogens with one attached hydrogen (secondary N) is 1. The summed E-state index contributed by atoms with van der Waals surface area (Å²) < 4.78 is 1.08. The lowest BCUT2D eigenvalue weighted by molar-refractivity contribution is -0.978. The van der Waals surface area contributed by atoms with E-state index in [-0.39, 0.29) is 0 Å². The van der Waals surface area contributed by atoms with Crippen LogP contribution in [0.2, 0.25) is 0 Å². The van der Waals surface area contributed by atoms with Crippen molar-refractivity contribution < 1.29 is 9.59 Å². The fraction of sp³-hybridized carbons (Fsp3) is 0.500. The molecule has 6 rings (SSSR count). The smallest absolute Gasteiger partial charge is 0.131 e. The van der Waals surface area contributed by atoms with Gasteiger partial charge in [-0.25, -0.2) is 0 Å². The summed E-state index contributed by atoms with van der Waals surface area (Å²) in [5.74, 6) is 0.984. The predicted octanol–water partition coefficient (Wildman–Crippen LogP) is 3.17. The molecule has 3 fully saturated rings. The van der Waals surface area contributed by atoms with Crippen LogP contribution in [0.3, 0.4) is 0 Å². The Bertz CT molecular complexity index is 820. The minimum atomic E-state index is 0.324. The molecule has 0 spiro atoms. The molecule has 3 nitrogen and oxygen atoms in total. The topological polar surface area (TPSA) is 36.0 Å². The third kappa shape index (κ3) is 1.57. The Morgan fingerprint density at radius 1 is 1.35 bits per heavy atom. The summed E-state index contributed by atoms with van der Waals surface area (Å²) in [6.07, 6.45) is 4.59. The van der Waals surface area contributed by atoms with Gasteiger partial charge in [0.2, 0.25) is 0 Å². The van der Waals surface area contributed by atoms with Crippen LogP contribution in [0.25, 0.3) is 10.9 Å². The minimum absolute atomic E-state index is 0.324. The van der Waals surface area contributed by atoms with Crippen LogP contribution in [-0.2, 0) is 6.42 Å². The molecule has 5 atom stereocenters. The SMILES string of the molecule is C/C=C1/C[N@@+]2(C)[C@H]3C[C@H]1[C@H](CO)[C@@H]2Cc1c3[nH]c2ccccc12. The third-order valence-corrected chi connectivity index (χ3v) is 7.13. The minimum Gasteiger partial charge on any atom is -0.396 e. The van der Waals surface area contributed by atoms with Crippen molar-refractivity contribution in [2.75, 3.05) is 20.2 Å². The zero-order chi connectivity index (χ0) is 15.8. The number of aromatic nitrogens is 1. The highest BCUT2D eigenvalue weighted by atomic mass is 16.3. The lowest BCUT2D eigenvalue weighted by Gasteiger charge is -2.62. The number of hydrogen-bond donors (Lipinski definition) is 2. The number of rotatable bonds is 1. The molecule has 4 bridgehead atoms. The molecule has 3 heteroatoms. The van der Waals surface area contributed by atoms with E-state index in [9.17, 15) is 5.11 Å². The summed E-state index contributed by atoms with van der Waals surface area (Å²) in [7, 11) is 2.42. The summed E-state index contributed by atoms with van der Waals surface area (Å²) in [6.45, 7) is 3.65. The predicted molar refractivity (Wildman–Crippen MR) is 92.0 cm³/mol. The summed E-state index contributed by atoms with van der Waals surface area (Å²) >= 11 is 0. The second kappa shape index (κ2) is 4.49. The first-order valence-electron chi connectivity index (χ1n) is 8.87. The summed E-state index contributed by atoms with van der Waals surface area (Å²) in [6, 6.07) is 9.84. The van der Waals surface area contributed by atoms with Crippen molar-refractivity contribution in [1.29, 1.82) is 0 Å². The molecule has 2 N–H and O–H groups in total. The lowest BCUT2D eigenvalue weighted by Crippen LogP contribution is -2.70. The standard InChI is InChI=1S/C20H25N2O/c1-3-12-10-22(2)18-9-15-13-6-4-5-7-17(13)21-20(15)19(22)8-14(12)16(18)11-23/h3-7,14,16,18-19,21,23H,8-11H2,1-2H3/q+1/b12-3-/t14-,16+,18+,19+,22-/m1/s1. The Morgan fingerprint density at radius 3 is 2.96 bits per heavy atom. The molecule has 5 heterocycles. The molecule has 2 aromatic rings. The summed E-state index contributed by atoms with van der Waals surface area (Å²) in [5, 5.41) is 11.5. The summed E-state index contributed by atoms with van der Waals surface area (Å²) in [5.41, 5.74) is 5.84. The van der Waals surface area contributed by atoms with Crippen LogP contribution >= 0.6 is 0 Å². The van der Waals surface area contributed by atoms with Crippen molar-refractivity contribution in [3.63, 3.8) is 0 Å². The van der Waals surface area contributed by atoms with Gasteiger partial charge in [-0.3, -0.25) is 0 Å². The maximum atomic E-state index is 10.1. The maximum absolute atomic E-state index is 10.1. The zero-order valence-electron chi connectivity index (χ0n) is 13.9. The molecule has 4 aliphatic heterocycles. The molecular formula is C20H25N2O+. The molecular weight excluding hydrogens is 284 g/mol. The van der Waals surface area contributed by atoms with Crippen molar-refractivity contribution in [3.8, 4) is 0 Å². The van der Waals surface area contributed by atoms with Gasteiger partial charge >= 0.3 is 0 Å². The van der Waals surface area contributed by atoms with Crippen LogP contribution in [0.15, 0.2) is 35.9 Å². The number of aliphatic hydroxyl groups excluding tert-OH is 1. The van der Waals surface area contributed by atoms with Crippen molar-refractivity contribution in [1.82, 2.24) is 4.98 Å². The van der Waals surface area contributed by atoms with Crippen LogP contribution in [0.4, 0.5) is 0 Å². The number of benzene rings is 1. The molecule has 0 aliphatic carbocycles. The van der Waals surface area contributed by atoms with E-state index < -0.39 is 0 Å². The van der Waals surface area contributed by atoms with Gasteiger partial charge in [0.1, 0.15) is 12.6 Å². The van der Waals surface area contributed by atoms with E-state index >= 15 is 0 Å². The van der Waals surface area contributed by atoms with Gasteiger partial charge in [0.25, 0.3) is 0 Å². The molecule has 3 saturated heterocycles. The van der Waals surface area contributed by atoms with E-state index in [4.69, 9.17) is 0 Å². The normalized spacial score (nSPS) is 39.9. The van der Waals surface area contributed by atoms with E-state index in [1.807, 2.05) is 0 Å². The second-order valence-electron chi connectivity index (χ2n) is 7.91. The number of fused-ring (bicyclic) bond motifs is 4. The molecule has 0 unspecified atom stereocenters. The van der Waals surface area contributed by atoms with E-state index in [2.05, 4.69) is 49.3 Å². The van der Waals surface area contributed by atoms with Gasteiger partial charge in [-0.1, -0.05) is 24.3 Å². The van der Waals surface area contributed by atoms with Crippen molar-refractivity contribution in [2.24, 2.45) is 11.8 Å². The fourth-order valence-corrected chi connectivity index (χ4v) is 6.02. The largest absolute Gasteiger partial charge is 0.396 e. The number of allylic oxidation sites excluding steroid dienone is 1. The number of H-pyrrole nitrogens is 1. The first-order valence-corrected chi connectivity index (χ1v) is 8.87. The number of para-hydroxylation sites is 1. The lowest BCUT2D eigenvalue weighted by atomic mass is 9.62. The Morgan fingerprint density at radius 2 is 2.17 bits per heavy atom. The molecule has 120 valence electrons. The fourth-order valence-electron chi connectivity index (χ4n) is 6.02. The first kappa shape index (κ1) is 13.8. The monoisotopic (exact) mass is 309 g/mol. The number of quaternary nitrogens is 1. The third-order valence-electron chi connectivity index (χ3n) is 7.13. The highest BCUT2D eigenvalue weighted by molar-refractivity contribution is 5.85.